The number of para-hydroxylation sites is 1. The van der Waals surface area contributed by atoms with Crippen LogP contribution in [0.5, 0.6) is 0 Å². The summed E-state index contributed by atoms with van der Waals surface area (Å²) in [6.45, 7) is 0. The van der Waals surface area contributed by atoms with Crippen LogP contribution in [0.2, 0.25) is 0 Å². The van der Waals surface area contributed by atoms with Gasteiger partial charge in [0.2, 0.25) is 0 Å². The number of fused-ring (bicyclic) bond motifs is 1. The number of hydrogen-bond acceptors (Lipinski definition) is 2. The van der Waals surface area contributed by atoms with Gasteiger partial charge in [-0.3, -0.25) is 0 Å². The predicted octanol–water partition coefficient (Wildman–Crippen LogP) is 5.00. The van der Waals surface area contributed by atoms with Crippen LogP contribution < -0.4 is 0 Å². The first kappa shape index (κ1) is 14.0. The molecule has 106 valence electrons. The topological polar surface area (TPSA) is 33.1 Å². The zero-order valence-electron chi connectivity index (χ0n) is 11.6. The Morgan fingerprint density at radius 1 is 1.20 bits per heavy atom. The monoisotopic (exact) mass is 333 g/mol. The summed E-state index contributed by atoms with van der Waals surface area (Å²) < 4.78 is 0.916. The van der Waals surface area contributed by atoms with Crippen molar-refractivity contribution in [3.8, 4) is 0 Å². The van der Waals surface area contributed by atoms with E-state index in [1.54, 1.807) is 0 Å². The number of halogens is 1. The van der Waals surface area contributed by atoms with E-state index in [9.17, 15) is 5.11 Å². The Bertz CT molecular complexity index is 593. The van der Waals surface area contributed by atoms with Crippen LogP contribution in [0.1, 0.15) is 50.3 Å². The molecule has 3 heteroatoms. The summed E-state index contributed by atoms with van der Waals surface area (Å²) in [6, 6.07) is 10.1. The molecule has 1 aromatic carbocycles. The fourth-order valence-corrected chi connectivity index (χ4v) is 3.79. The third-order valence-electron chi connectivity index (χ3n) is 4.30. The van der Waals surface area contributed by atoms with Crippen molar-refractivity contribution in [2.75, 3.05) is 0 Å². The Hall–Kier alpha value is -0.930. The largest absolute Gasteiger partial charge is 0.387 e. The molecule has 2 aromatic rings. The Labute approximate surface area is 128 Å². The molecule has 20 heavy (non-hydrogen) atoms. The van der Waals surface area contributed by atoms with Gasteiger partial charge in [0.15, 0.2) is 0 Å². The summed E-state index contributed by atoms with van der Waals surface area (Å²) >= 11 is 3.56. The molecule has 1 atom stereocenters. The summed E-state index contributed by atoms with van der Waals surface area (Å²) in [5.74, 6) is 0.652. The number of nitrogens with zero attached hydrogens (tertiary/aromatic N) is 1. The SMILES string of the molecule is OC(CC1CCCCC1)c1nc2ccccc2cc1Br. The summed E-state index contributed by atoms with van der Waals surface area (Å²) in [5, 5.41) is 11.6. The Kier molecular flexibility index (Phi) is 4.37. The van der Waals surface area contributed by atoms with Gasteiger partial charge in [-0.15, -0.1) is 0 Å². The van der Waals surface area contributed by atoms with Gasteiger partial charge in [0.25, 0.3) is 0 Å². The van der Waals surface area contributed by atoms with E-state index < -0.39 is 6.10 Å². The van der Waals surface area contributed by atoms with E-state index in [4.69, 9.17) is 0 Å². The van der Waals surface area contributed by atoms with Gasteiger partial charge in [-0.25, -0.2) is 4.98 Å². The third kappa shape index (κ3) is 3.04. The highest BCUT2D eigenvalue weighted by atomic mass is 79.9. The van der Waals surface area contributed by atoms with Crippen LogP contribution in [0, 0.1) is 5.92 Å². The van der Waals surface area contributed by atoms with Crippen molar-refractivity contribution in [3.63, 3.8) is 0 Å². The molecule has 1 aromatic heterocycles. The fraction of sp³-hybridized carbons (Fsp3) is 0.471. The molecule has 1 N–H and O–H groups in total. The Morgan fingerprint density at radius 3 is 2.75 bits per heavy atom. The molecule has 0 amide bonds. The van der Waals surface area contributed by atoms with Gasteiger partial charge >= 0.3 is 0 Å². The number of aromatic nitrogens is 1. The number of aliphatic hydroxyl groups excluding tert-OH is 1. The van der Waals surface area contributed by atoms with Gasteiger partial charge in [0.05, 0.1) is 17.3 Å². The minimum Gasteiger partial charge on any atom is -0.387 e. The lowest BCUT2D eigenvalue weighted by atomic mass is 9.85. The van der Waals surface area contributed by atoms with E-state index in [0.29, 0.717) is 5.92 Å². The van der Waals surface area contributed by atoms with Crippen LogP contribution in [0.3, 0.4) is 0 Å². The van der Waals surface area contributed by atoms with Crippen molar-refractivity contribution >= 4 is 26.8 Å². The zero-order valence-corrected chi connectivity index (χ0v) is 13.1. The van der Waals surface area contributed by atoms with Crippen molar-refractivity contribution in [2.45, 2.75) is 44.6 Å². The number of pyridine rings is 1. The Morgan fingerprint density at radius 2 is 1.95 bits per heavy atom. The lowest BCUT2D eigenvalue weighted by Crippen LogP contribution is -2.12. The van der Waals surface area contributed by atoms with Crippen LogP contribution in [-0.2, 0) is 0 Å². The Balaban J connectivity index is 1.82. The average molecular weight is 334 g/mol. The van der Waals surface area contributed by atoms with E-state index in [-0.39, 0.29) is 0 Å². The van der Waals surface area contributed by atoms with Gasteiger partial charge < -0.3 is 5.11 Å². The predicted molar refractivity (Wildman–Crippen MR) is 85.6 cm³/mol. The first-order valence-corrected chi connectivity index (χ1v) is 8.26. The maximum atomic E-state index is 10.5. The van der Waals surface area contributed by atoms with Gasteiger partial charge in [0.1, 0.15) is 0 Å². The number of hydrogen-bond donors (Lipinski definition) is 1. The molecule has 1 unspecified atom stereocenters. The maximum Gasteiger partial charge on any atom is 0.0974 e. The van der Waals surface area contributed by atoms with Crippen molar-refractivity contribution in [1.82, 2.24) is 4.98 Å². The molecule has 2 nitrogen and oxygen atoms in total. The molecule has 3 rings (SSSR count). The molecular weight excluding hydrogens is 314 g/mol. The summed E-state index contributed by atoms with van der Waals surface area (Å²) in [5.41, 5.74) is 1.74. The standard InChI is InChI=1S/C17H20BrNO/c18-14-11-13-8-4-5-9-15(13)19-17(14)16(20)10-12-6-2-1-3-7-12/h4-5,8-9,11-12,16,20H,1-3,6-7,10H2. The van der Waals surface area contributed by atoms with E-state index in [2.05, 4.69) is 27.0 Å². The molecule has 1 aliphatic carbocycles. The quantitative estimate of drug-likeness (QED) is 0.857. The zero-order chi connectivity index (χ0) is 13.9. The summed E-state index contributed by atoms with van der Waals surface area (Å²) in [6.07, 6.45) is 6.85. The molecule has 1 saturated carbocycles. The molecule has 0 radical (unpaired) electrons. The lowest BCUT2D eigenvalue weighted by Gasteiger charge is -2.24. The molecule has 1 heterocycles. The molecule has 0 aliphatic heterocycles. The number of rotatable bonds is 3. The summed E-state index contributed by atoms with van der Waals surface area (Å²) in [4.78, 5) is 4.64. The molecule has 0 spiro atoms. The number of benzene rings is 1. The lowest BCUT2D eigenvalue weighted by molar-refractivity contribution is 0.127. The van der Waals surface area contributed by atoms with E-state index >= 15 is 0 Å². The first-order valence-electron chi connectivity index (χ1n) is 7.47. The normalized spacial score (nSPS) is 18.3. The van der Waals surface area contributed by atoms with Crippen LogP contribution in [0.4, 0.5) is 0 Å². The van der Waals surface area contributed by atoms with E-state index in [1.165, 1.54) is 32.1 Å². The van der Waals surface area contributed by atoms with E-state index in [0.717, 1.165) is 27.5 Å². The molecule has 1 fully saturated rings. The smallest absolute Gasteiger partial charge is 0.0974 e. The molecule has 0 saturated heterocycles. The van der Waals surface area contributed by atoms with Crippen LogP contribution in [0.15, 0.2) is 34.8 Å². The molecule has 0 bridgehead atoms. The third-order valence-corrected chi connectivity index (χ3v) is 4.94. The van der Waals surface area contributed by atoms with E-state index in [1.807, 2.05) is 24.3 Å². The first-order chi connectivity index (χ1) is 9.74. The minimum atomic E-state index is -0.461. The summed E-state index contributed by atoms with van der Waals surface area (Å²) in [7, 11) is 0. The second-order valence-corrected chi connectivity index (χ2v) is 6.66. The maximum absolute atomic E-state index is 10.5. The van der Waals surface area contributed by atoms with Gasteiger partial charge in [0, 0.05) is 9.86 Å². The minimum absolute atomic E-state index is 0.461. The van der Waals surface area contributed by atoms with Crippen LogP contribution in [0.25, 0.3) is 10.9 Å². The highest BCUT2D eigenvalue weighted by Gasteiger charge is 2.21. The second-order valence-electron chi connectivity index (χ2n) is 5.80. The average Bonchev–Trinajstić information content (AvgIpc) is 2.47. The van der Waals surface area contributed by atoms with Crippen LogP contribution in [-0.4, -0.2) is 10.1 Å². The molecular formula is C17H20BrNO. The van der Waals surface area contributed by atoms with Gasteiger partial charge in [-0.1, -0.05) is 50.3 Å². The highest BCUT2D eigenvalue weighted by molar-refractivity contribution is 9.10. The van der Waals surface area contributed by atoms with Crippen molar-refractivity contribution in [2.24, 2.45) is 5.92 Å². The fourth-order valence-electron chi connectivity index (χ4n) is 3.19. The van der Waals surface area contributed by atoms with Gasteiger partial charge in [-0.05, 0) is 40.4 Å². The van der Waals surface area contributed by atoms with Crippen molar-refractivity contribution < 1.29 is 5.11 Å². The van der Waals surface area contributed by atoms with Crippen LogP contribution >= 0.6 is 15.9 Å². The van der Waals surface area contributed by atoms with Gasteiger partial charge in [-0.2, -0.15) is 0 Å². The molecule has 1 aliphatic rings. The second kappa shape index (κ2) is 6.23. The number of aliphatic hydroxyl groups is 1. The van der Waals surface area contributed by atoms with Crippen molar-refractivity contribution in [3.05, 3.63) is 40.5 Å². The highest BCUT2D eigenvalue weighted by Crippen LogP contribution is 2.34. The van der Waals surface area contributed by atoms with Crippen molar-refractivity contribution in [1.29, 1.82) is 0 Å².